The van der Waals surface area contributed by atoms with Crippen LogP contribution in [0, 0.1) is 0 Å². The Bertz CT molecular complexity index is 1310. The van der Waals surface area contributed by atoms with Crippen molar-refractivity contribution in [3.05, 3.63) is 87.7 Å². The lowest BCUT2D eigenvalue weighted by molar-refractivity contribution is 0.227. The quantitative estimate of drug-likeness (QED) is 0.449. The first-order valence-electron chi connectivity index (χ1n) is 11.5. The molecule has 0 radical (unpaired) electrons. The molecule has 1 aliphatic rings. The first-order chi connectivity index (χ1) is 16.1. The van der Waals surface area contributed by atoms with Crippen molar-refractivity contribution in [2.24, 2.45) is 7.05 Å². The Balaban J connectivity index is 1.48. The number of hydrogen-bond acceptors (Lipinski definition) is 5. The molecule has 3 heterocycles. The number of fused-ring (bicyclic) bond motifs is 1. The van der Waals surface area contributed by atoms with Crippen molar-refractivity contribution < 1.29 is 4.74 Å². The molecule has 1 N–H and O–H groups in total. The maximum absolute atomic E-state index is 12.9. The van der Waals surface area contributed by atoms with Gasteiger partial charge in [0.05, 0.1) is 5.39 Å². The van der Waals surface area contributed by atoms with Crippen LogP contribution in [0.4, 0.5) is 0 Å². The zero-order chi connectivity index (χ0) is 22.8. The molecular formula is C27H29N3O2S. The molecule has 2 aromatic carbocycles. The Morgan fingerprint density at radius 1 is 1.06 bits per heavy atom. The molecule has 1 atom stereocenters. The highest BCUT2D eigenvalue weighted by molar-refractivity contribution is 7.19. The minimum absolute atomic E-state index is 0.0472. The molecule has 1 fully saturated rings. The van der Waals surface area contributed by atoms with Crippen LogP contribution in [-0.4, -0.2) is 35.6 Å². The van der Waals surface area contributed by atoms with Crippen molar-refractivity contribution in [2.45, 2.75) is 19.6 Å². The summed E-state index contributed by atoms with van der Waals surface area (Å²) in [6, 6.07) is 20.5. The Morgan fingerprint density at radius 2 is 1.85 bits per heavy atom. The van der Waals surface area contributed by atoms with E-state index in [1.54, 1.807) is 15.9 Å². The van der Waals surface area contributed by atoms with Gasteiger partial charge in [-0.05, 0) is 36.2 Å². The summed E-state index contributed by atoms with van der Waals surface area (Å²) < 4.78 is 9.00. The molecule has 5 rings (SSSR count). The Kier molecular flexibility index (Phi) is 6.31. The van der Waals surface area contributed by atoms with E-state index in [0.717, 1.165) is 65.2 Å². The number of ether oxygens (including phenoxy) is 1. The van der Waals surface area contributed by atoms with Gasteiger partial charge in [-0.3, -0.25) is 9.69 Å². The molecule has 2 aromatic heterocycles. The maximum Gasteiger partial charge on any atom is 0.259 e. The number of piperazine rings is 1. The summed E-state index contributed by atoms with van der Waals surface area (Å²) in [7, 11) is 1.83. The van der Waals surface area contributed by atoms with Crippen LogP contribution in [0.25, 0.3) is 21.2 Å². The summed E-state index contributed by atoms with van der Waals surface area (Å²) in [5.41, 5.74) is 3.33. The van der Waals surface area contributed by atoms with E-state index in [0.29, 0.717) is 0 Å². The van der Waals surface area contributed by atoms with Crippen LogP contribution >= 0.6 is 11.3 Å². The van der Waals surface area contributed by atoms with Gasteiger partial charge in [-0.25, -0.2) is 0 Å². The maximum atomic E-state index is 12.9. The number of nitrogens with one attached hydrogen (secondary N) is 1. The van der Waals surface area contributed by atoms with Crippen LogP contribution < -0.4 is 15.6 Å². The molecule has 1 aliphatic heterocycles. The van der Waals surface area contributed by atoms with Gasteiger partial charge in [-0.2, -0.15) is 0 Å². The molecule has 4 aromatic rings. The topological polar surface area (TPSA) is 46.5 Å². The van der Waals surface area contributed by atoms with Crippen LogP contribution in [0.1, 0.15) is 23.5 Å². The molecule has 1 unspecified atom stereocenters. The molecule has 1 saturated heterocycles. The van der Waals surface area contributed by atoms with Crippen LogP contribution in [-0.2, 0) is 13.6 Å². The number of aryl methyl sites for hydroxylation is 1. The lowest BCUT2D eigenvalue weighted by atomic mass is 10.1. The number of rotatable bonds is 6. The Morgan fingerprint density at radius 3 is 2.64 bits per heavy atom. The highest BCUT2D eigenvalue weighted by atomic mass is 32.1. The SMILES string of the molecule is CC(Oc1cccc(-c2cn(C)c(=O)c3cc(CN4CCNCC4)sc23)c1)c1ccccc1. The number of nitrogens with zero attached hydrogens (tertiary/aromatic N) is 2. The summed E-state index contributed by atoms with van der Waals surface area (Å²) >= 11 is 1.74. The third kappa shape index (κ3) is 4.74. The summed E-state index contributed by atoms with van der Waals surface area (Å²) in [5, 5.41) is 4.20. The molecule has 6 heteroatoms. The average Bonchev–Trinajstić information content (AvgIpc) is 3.26. The highest BCUT2D eigenvalue weighted by Crippen LogP contribution is 2.35. The number of thiophene rings is 1. The van der Waals surface area contributed by atoms with Gasteiger partial charge in [0, 0.05) is 61.1 Å². The third-order valence-electron chi connectivity index (χ3n) is 6.22. The fourth-order valence-electron chi connectivity index (χ4n) is 4.41. The predicted octanol–water partition coefficient (Wildman–Crippen LogP) is 4.81. The molecule has 5 nitrogen and oxygen atoms in total. The second-order valence-corrected chi connectivity index (χ2v) is 9.78. The molecule has 0 spiro atoms. The fourth-order valence-corrected chi connectivity index (χ4v) is 5.63. The zero-order valence-corrected chi connectivity index (χ0v) is 19.9. The molecule has 0 aliphatic carbocycles. The van der Waals surface area contributed by atoms with Crippen molar-refractivity contribution in [1.29, 1.82) is 0 Å². The second kappa shape index (κ2) is 9.51. The van der Waals surface area contributed by atoms with Gasteiger partial charge in [-0.1, -0.05) is 42.5 Å². The van der Waals surface area contributed by atoms with Crippen molar-refractivity contribution in [1.82, 2.24) is 14.8 Å². The monoisotopic (exact) mass is 459 g/mol. The first kappa shape index (κ1) is 21.9. The van der Waals surface area contributed by atoms with Gasteiger partial charge in [0.2, 0.25) is 0 Å². The van der Waals surface area contributed by atoms with Crippen LogP contribution in [0.2, 0.25) is 0 Å². The van der Waals surface area contributed by atoms with Gasteiger partial charge in [-0.15, -0.1) is 11.3 Å². The van der Waals surface area contributed by atoms with Crippen LogP contribution in [0.15, 0.2) is 71.7 Å². The van der Waals surface area contributed by atoms with Gasteiger partial charge >= 0.3 is 0 Å². The van der Waals surface area contributed by atoms with E-state index in [-0.39, 0.29) is 11.7 Å². The van der Waals surface area contributed by atoms with E-state index in [1.807, 2.05) is 43.6 Å². The Labute approximate surface area is 198 Å². The average molecular weight is 460 g/mol. The molecule has 0 bridgehead atoms. The van der Waals surface area contributed by atoms with E-state index in [9.17, 15) is 4.79 Å². The highest BCUT2D eigenvalue weighted by Gasteiger charge is 2.17. The summed E-state index contributed by atoms with van der Waals surface area (Å²) in [5.74, 6) is 0.823. The normalized spacial score (nSPS) is 15.6. The summed E-state index contributed by atoms with van der Waals surface area (Å²) in [6.45, 7) is 7.07. The lowest BCUT2D eigenvalue weighted by Gasteiger charge is -2.26. The fraction of sp³-hybridized carbons (Fsp3) is 0.296. The molecular weight excluding hydrogens is 430 g/mol. The molecule has 0 saturated carbocycles. The summed E-state index contributed by atoms with van der Waals surface area (Å²) in [4.78, 5) is 16.6. The lowest BCUT2D eigenvalue weighted by Crippen LogP contribution is -2.42. The van der Waals surface area contributed by atoms with Crippen LogP contribution in [0.3, 0.4) is 0 Å². The smallest absolute Gasteiger partial charge is 0.259 e. The molecule has 0 amide bonds. The van der Waals surface area contributed by atoms with Crippen molar-refractivity contribution in [3.63, 3.8) is 0 Å². The van der Waals surface area contributed by atoms with E-state index in [4.69, 9.17) is 4.74 Å². The number of hydrogen-bond donors (Lipinski definition) is 1. The summed E-state index contributed by atoms with van der Waals surface area (Å²) in [6.07, 6.45) is 1.91. The first-order valence-corrected chi connectivity index (χ1v) is 12.3. The van der Waals surface area contributed by atoms with Gasteiger partial charge in [0.15, 0.2) is 0 Å². The molecule has 170 valence electrons. The minimum Gasteiger partial charge on any atom is -0.486 e. The van der Waals surface area contributed by atoms with E-state index in [2.05, 4.69) is 47.5 Å². The molecule has 33 heavy (non-hydrogen) atoms. The Hall–Kier alpha value is -2.93. The van der Waals surface area contributed by atoms with Crippen LogP contribution in [0.5, 0.6) is 5.75 Å². The predicted molar refractivity (Wildman–Crippen MR) is 136 cm³/mol. The van der Waals surface area contributed by atoms with Gasteiger partial charge in [0.1, 0.15) is 11.9 Å². The van der Waals surface area contributed by atoms with Gasteiger partial charge < -0.3 is 14.6 Å². The van der Waals surface area contributed by atoms with Crippen molar-refractivity contribution >= 4 is 21.4 Å². The largest absolute Gasteiger partial charge is 0.486 e. The van der Waals surface area contributed by atoms with Crippen molar-refractivity contribution in [3.8, 4) is 16.9 Å². The number of aromatic nitrogens is 1. The van der Waals surface area contributed by atoms with Gasteiger partial charge in [0.25, 0.3) is 5.56 Å². The van der Waals surface area contributed by atoms with E-state index in [1.165, 1.54) is 4.88 Å². The number of benzene rings is 2. The number of pyridine rings is 1. The second-order valence-electron chi connectivity index (χ2n) is 8.64. The minimum atomic E-state index is -0.0472. The standard InChI is InChI=1S/C27H29N3O2S/c1-19(20-7-4-3-5-8-20)32-22-10-6-9-21(15-22)25-18-29(2)27(31)24-16-23(33-26(24)25)17-30-13-11-28-12-14-30/h3-10,15-16,18-19,28H,11-14,17H2,1-2H3. The zero-order valence-electron chi connectivity index (χ0n) is 19.1. The van der Waals surface area contributed by atoms with E-state index >= 15 is 0 Å². The van der Waals surface area contributed by atoms with Crippen molar-refractivity contribution in [2.75, 3.05) is 26.2 Å². The third-order valence-corrected chi connectivity index (χ3v) is 7.37. The van der Waals surface area contributed by atoms with E-state index < -0.39 is 0 Å².